The molecule has 1 aliphatic carbocycles. The van der Waals surface area contributed by atoms with Crippen LogP contribution in [0.3, 0.4) is 0 Å². The third kappa shape index (κ3) is 2.82. The van der Waals surface area contributed by atoms with Crippen LogP contribution in [0, 0.1) is 0 Å². The SMILES string of the molecule is C=CCCC(N)CC1(OC)CCC1. The van der Waals surface area contributed by atoms with Crippen LogP contribution in [0.2, 0.25) is 0 Å². The molecule has 1 saturated carbocycles. The van der Waals surface area contributed by atoms with Crippen molar-refractivity contribution in [2.45, 2.75) is 50.2 Å². The minimum absolute atomic E-state index is 0.126. The second kappa shape index (κ2) is 4.77. The predicted molar refractivity (Wildman–Crippen MR) is 55.6 cm³/mol. The molecular weight excluding hydrogens is 162 g/mol. The summed E-state index contributed by atoms with van der Waals surface area (Å²) < 4.78 is 5.52. The van der Waals surface area contributed by atoms with Crippen molar-refractivity contribution in [1.82, 2.24) is 0 Å². The minimum atomic E-state index is 0.126. The normalized spacial score (nSPS) is 22.0. The van der Waals surface area contributed by atoms with Gasteiger partial charge in [0.25, 0.3) is 0 Å². The predicted octanol–water partition coefficient (Wildman–Crippen LogP) is 2.24. The van der Waals surface area contributed by atoms with Crippen molar-refractivity contribution in [3.8, 4) is 0 Å². The van der Waals surface area contributed by atoms with Gasteiger partial charge in [-0.15, -0.1) is 6.58 Å². The maximum Gasteiger partial charge on any atom is 0.0693 e. The van der Waals surface area contributed by atoms with Gasteiger partial charge in [0.2, 0.25) is 0 Å². The third-order valence-corrected chi connectivity index (χ3v) is 3.07. The van der Waals surface area contributed by atoms with Crippen LogP contribution >= 0.6 is 0 Å². The van der Waals surface area contributed by atoms with Crippen molar-refractivity contribution in [3.05, 3.63) is 12.7 Å². The van der Waals surface area contributed by atoms with Crippen molar-refractivity contribution in [1.29, 1.82) is 0 Å². The molecule has 0 spiro atoms. The summed E-state index contributed by atoms with van der Waals surface area (Å²) in [5.74, 6) is 0. The van der Waals surface area contributed by atoms with E-state index in [-0.39, 0.29) is 11.6 Å². The quantitative estimate of drug-likeness (QED) is 0.641. The highest BCUT2D eigenvalue weighted by Gasteiger charge is 2.37. The number of methoxy groups -OCH3 is 1. The molecule has 13 heavy (non-hydrogen) atoms. The van der Waals surface area contributed by atoms with E-state index in [0.717, 1.165) is 19.3 Å². The van der Waals surface area contributed by atoms with Gasteiger partial charge in [0.15, 0.2) is 0 Å². The zero-order valence-corrected chi connectivity index (χ0v) is 8.59. The Bertz CT molecular complexity index is 158. The molecule has 1 atom stereocenters. The Morgan fingerprint density at radius 2 is 2.31 bits per heavy atom. The Labute approximate surface area is 81.1 Å². The van der Waals surface area contributed by atoms with E-state index >= 15 is 0 Å². The molecule has 0 aliphatic heterocycles. The second-order valence-corrected chi connectivity index (χ2v) is 4.07. The summed E-state index contributed by atoms with van der Waals surface area (Å²) in [6, 6.07) is 0.276. The monoisotopic (exact) mass is 183 g/mol. The number of nitrogens with two attached hydrogens (primary N) is 1. The van der Waals surface area contributed by atoms with Gasteiger partial charge in [0, 0.05) is 13.2 Å². The van der Waals surface area contributed by atoms with Crippen molar-refractivity contribution < 1.29 is 4.74 Å². The van der Waals surface area contributed by atoms with Gasteiger partial charge in [-0.3, -0.25) is 0 Å². The number of ether oxygens (including phenoxy) is 1. The second-order valence-electron chi connectivity index (χ2n) is 4.07. The van der Waals surface area contributed by atoms with Crippen LogP contribution in [0.15, 0.2) is 12.7 Å². The molecule has 0 saturated heterocycles. The molecule has 2 N–H and O–H groups in total. The van der Waals surface area contributed by atoms with Gasteiger partial charge in [-0.1, -0.05) is 6.08 Å². The first-order valence-corrected chi connectivity index (χ1v) is 5.14. The maximum absolute atomic E-state index is 6.00. The van der Waals surface area contributed by atoms with Crippen LogP contribution in [0.25, 0.3) is 0 Å². The molecule has 1 aliphatic rings. The highest BCUT2D eigenvalue weighted by molar-refractivity contribution is 4.92. The van der Waals surface area contributed by atoms with Crippen molar-refractivity contribution in [3.63, 3.8) is 0 Å². The summed E-state index contributed by atoms with van der Waals surface area (Å²) in [6.07, 6.45) is 8.66. The molecule has 2 nitrogen and oxygen atoms in total. The molecule has 0 amide bonds. The third-order valence-electron chi connectivity index (χ3n) is 3.07. The Kier molecular flexibility index (Phi) is 3.94. The average Bonchev–Trinajstić information content (AvgIpc) is 2.08. The van der Waals surface area contributed by atoms with Gasteiger partial charge >= 0.3 is 0 Å². The van der Waals surface area contributed by atoms with Crippen LogP contribution in [0.5, 0.6) is 0 Å². The molecule has 0 aromatic rings. The van der Waals surface area contributed by atoms with Gasteiger partial charge in [-0.25, -0.2) is 0 Å². The first kappa shape index (κ1) is 10.7. The Hall–Kier alpha value is -0.340. The number of rotatable bonds is 6. The van der Waals surface area contributed by atoms with Crippen molar-refractivity contribution >= 4 is 0 Å². The van der Waals surface area contributed by atoms with Crippen LogP contribution < -0.4 is 5.73 Å². The van der Waals surface area contributed by atoms with Crippen LogP contribution in [-0.2, 0) is 4.74 Å². The molecule has 0 bridgehead atoms. The summed E-state index contributed by atoms with van der Waals surface area (Å²) in [7, 11) is 1.80. The highest BCUT2D eigenvalue weighted by Crippen LogP contribution is 2.38. The van der Waals surface area contributed by atoms with Crippen LogP contribution in [0.4, 0.5) is 0 Å². The molecule has 0 aromatic heterocycles. The lowest BCUT2D eigenvalue weighted by Crippen LogP contribution is -2.44. The van der Waals surface area contributed by atoms with Gasteiger partial charge in [0.1, 0.15) is 0 Å². The average molecular weight is 183 g/mol. The highest BCUT2D eigenvalue weighted by atomic mass is 16.5. The molecule has 1 unspecified atom stereocenters. The first-order chi connectivity index (χ1) is 6.22. The fourth-order valence-corrected chi connectivity index (χ4v) is 1.97. The minimum Gasteiger partial charge on any atom is -0.378 e. The van der Waals surface area contributed by atoms with Gasteiger partial charge in [-0.2, -0.15) is 0 Å². The Balaban J connectivity index is 2.24. The van der Waals surface area contributed by atoms with E-state index in [4.69, 9.17) is 10.5 Å². The summed E-state index contributed by atoms with van der Waals surface area (Å²) in [4.78, 5) is 0. The van der Waals surface area contributed by atoms with E-state index < -0.39 is 0 Å². The number of hydrogen-bond acceptors (Lipinski definition) is 2. The molecule has 76 valence electrons. The molecule has 0 aromatic carbocycles. The number of hydrogen-bond donors (Lipinski definition) is 1. The van der Waals surface area contributed by atoms with Gasteiger partial charge < -0.3 is 10.5 Å². The smallest absolute Gasteiger partial charge is 0.0693 e. The summed E-state index contributed by atoms with van der Waals surface area (Å²) in [6.45, 7) is 3.70. The van der Waals surface area contributed by atoms with E-state index in [1.807, 2.05) is 6.08 Å². The standard InChI is InChI=1S/C11H21NO/c1-3-4-6-10(12)9-11(13-2)7-5-8-11/h3,10H,1,4-9,12H2,2H3. The Morgan fingerprint density at radius 1 is 1.62 bits per heavy atom. The maximum atomic E-state index is 6.00. The largest absolute Gasteiger partial charge is 0.378 e. The summed E-state index contributed by atoms with van der Waals surface area (Å²) in [5, 5.41) is 0. The zero-order chi connectivity index (χ0) is 9.73. The van der Waals surface area contributed by atoms with Crippen LogP contribution in [0.1, 0.15) is 38.5 Å². The van der Waals surface area contributed by atoms with E-state index in [1.165, 1.54) is 19.3 Å². The molecule has 2 heteroatoms. The Morgan fingerprint density at radius 3 is 2.69 bits per heavy atom. The zero-order valence-electron chi connectivity index (χ0n) is 8.59. The molecule has 1 fully saturated rings. The molecule has 0 heterocycles. The fourth-order valence-electron chi connectivity index (χ4n) is 1.97. The fraction of sp³-hybridized carbons (Fsp3) is 0.818. The topological polar surface area (TPSA) is 35.2 Å². The van der Waals surface area contributed by atoms with E-state index in [1.54, 1.807) is 7.11 Å². The first-order valence-electron chi connectivity index (χ1n) is 5.14. The van der Waals surface area contributed by atoms with Gasteiger partial charge in [0.05, 0.1) is 5.60 Å². The lowest BCUT2D eigenvalue weighted by atomic mass is 9.75. The molecular formula is C11H21NO. The van der Waals surface area contributed by atoms with Crippen molar-refractivity contribution in [2.75, 3.05) is 7.11 Å². The number of allylic oxidation sites excluding steroid dienone is 1. The van der Waals surface area contributed by atoms with Crippen molar-refractivity contribution in [2.24, 2.45) is 5.73 Å². The summed E-state index contributed by atoms with van der Waals surface area (Å²) in [5.41, 5.74) is 6.13. The molecule has 0 radical (unpaired) electrons. The van der Waals surface area contributed by atoms with E-state index in [9.17, 15) is 0 Å². The lowest BCUT2D eigenvalue weighted by Gasteiger charge is -2.42. The lowest BCUT2D eigenvalue weighted by molar-refractivity contribution is -0.0817. The van der Waals surface area contributed by atoms with Crippen LogP contribution in [-0.4, -0.2) is 18.8 Å². The van der Waals surface area contributed by atoms with E-state index in [2.05, 4.69) is 6.58 Å². The summed E-state index contributed by atoms with van der Waals surface area (Å²) >= 11 is 0. The molecule has 1 rings (SSSR count). The van der Waals surface area contributed by atoms with Gasteiger partial charge in [-0.05, 0) is 38.5 Å². The van der Waals surface area contributed by atoms with E-state index in [0.29, 0.717) is 0 Å².